The molecule has 130 valence electrons. The monoisotopic (exact) mass is 345 g/mol. The van der Waals surface area contributed by atoms with Gasteiger partial charge in [-0.3, -0.25) is 0 Å². The zero-order chi connectivity index (χ0) is 18.1. The summed E-state index contributed by atoms with van der Waals surface area (Å²) in [5.41, 5.74) is 5.55. The first kappa shape index (κ1) is 16.4. The first-order valence-electron chi connectivity index (χ1n) is 8.64. The summed E-state index contributed by atoms with van der Waals surface area (Å²) in [5, 5.41) is 1.15. The van der Waals surface area contributed by atoms with E-state index in [9.17, 15) is 4.39 Å². The molecule has 3 heteroatoms. The molecule has 1 heterocycles. The zero-order valence-electron chi connectivity index (χ0n) is 14.9. The van der Waals surface area contributed by atoms with Gasteiger partial charge in [-0.25, -0.2) is 4.39 Å². The van der Waals surface area contributed by atoms with Gasteiger partial charge in [0.15, 0.2) is 0 Å². The Balaban J connectivity index is 1.94. The molecule has 1 aromatic heterocycles. The normalized spacial score (nSPS) is 11.0. The molecule has 0 bridgehead atoms. The number of aromatic nitrogens is 1. The highest BCUT2D eigenvalue weighted by atomic mass is 19.1. The third-order valence-electron chi connectivity index (χ3n) is 4.85. The van der Waals surface area contributed by atoms with Crippen molar-refractivity contribution in [2.24, 2.45) is 0 Å². The maximum absolute atomic E-state index is 13.4. The van der Waals surface area contributed by atoms with E-state index in [2.05, 4.69) is 35.8 Å². The van der Waals surface area contributed by atoms with E-state index in [4.69, 9.17) is 4.74 Å². The van der Waals surface area contributed by atoms with Crippen LogP contribution in [0.4, 0.5) is 4.39 Å². The van der Waals surface area contributed by atoms with Crippen molar-refractivity contribution < 1.29 is 9.13 Å². The number of nitrogens with zero attached hydrogens (tertiary/aromatic N) is 1. The van der Waals surface area contributed by atoms with E-state index in [1.165, 1.54) is 17.7 Å². The quantitative estimate of drug-likeness (QED) is 0.455. The fourth-order valence-corrected chi connectivity index (χ4v) is 3.47. The van der Waals surface area contributed by atoms with Gasteiger partial charge in [0.2, 0.25) is 0 Å². The first-order chi connectivity index (χ1) is 12.7. The average Bonchev–Trinajstić information content (AvgIpc) is 3.03. The molecule has 0 fully saturated rings. The molecule has 0 amide bonds. The van der Waals surface area contributed by atoms with Crippen molar-refractivity contribution in [1.29, 1.82) is 0 Å². The molecule has 26 heavy (non-hydrogen) atoms. The Morgan fingerprint density at radius 2 is 1.65 bits per heavy atom. The van der Waals surface area contributed by atoms with E-state index >= 15 is 0 Å². The van der Waals surface area contributed by atoms with Gasteiger partial charge < -0.3 is 9.30 Å². The lowest BCUT2D eigenvalue weighted by molar-refractivity contribution is 0.412. The maximum Gasteiger partial charge on any atom is 0.123 e. The molecular formula is C23H20FNO. The highest BCUT2D eigenvalue weighted by Gasteiger charge is 2.15. The van der Waals surface area contributed by atoms with Crippen LogP contribution >= 0.6 is 0 Å². The van der Waals surface area contributed by atoms with Gasteiger partial charge >= 0.3 is 0 Å². The highest BCUT2D eigenvalue weighted by molar-refractivity contribution is 5.91. The van der Waals surface area contributed by atoms with Crippen LogP contribution in [0.2, 0.25) is 0 Å². The lowest BCUT2D eigenvalue weighted by Gasteiger charge is -2.12. The van der Waals surface area contributed by atoms with Crippen molar-refractivity contribution in [3.63, 3.8) is 0 Å². The summed E-state index contributed by atoms with van der Waals surface area (Å²) in [5.74, 6) is 0.650. The lowest BCUT2D eigenvalue weighted by Crippen LogP contribution is -2.01. The topological polar surface area (TPSA) is 14.2 Å². The lowest BCUT2D eigenvalue weighted by atomic mass is 10.1. The van der Waals surface area contributed by atoms with Gasteiger partial charge in [0.1, 0.15) is 11.6 Å². The van der Waals surface area contributed by atoms with Crippen LogP contribution in [0.5, 0.6) is 5.75 Å². The maximum atomic E-state index is 13.4. The third-order valence-corrected chi connectivity index (χ3v) is 4.85. The molecule has 0 spiro atoms. The van der Waals surface area contributed by atoms with Crippen LogP contribution in [0, 0.1) is 12.7 Å². The van der Waals surface area contributed by atoms with Crippen molar-refractivity contribution in [2.75, 3.05) is 7.11 Å². The fourth-order valence-electron chi connectivity index (χ4n) is 3.47. The number of hydrogen-bond acceptors (Lipinski definition) is 1. The Kier molecular flexibility index (Phi) is 4.21. The molecule has 3 aromatic carbocycles. The smallest absolute Gasteiger partial charge is 0.123 e. The van der Waals surface area contributed by atoms with Crippen LogP contribution in [0.15, 0.2) is 72.8 Å². The minimum absolute atomic E-state index is 0.225. The Morgan fingerprint density at radius 1 is 0.923 bits per heavy atom. The number of methoxy groups -OCH3 is 1. The largest absolute Gasteiger partial charge is 0.496 e. The van der Waals surface area contributed by atoms with Crippen LogP contribution in [-0.4, -0.2) is 11.7 Å². The second-order valence-corrected chi connectivity index (χ2v) is 6.43. The van der Waals surface area contributed by atoms with Crippen molar-refractivity contribution in [3.05, 3.63) is 89.7 Å². The second kappa shape index (κ2) is 6.68. The molecule has 0 radical (unpaired) electrons. The molecule has 0 saturated heterocycles. The van der Waals surface area contributed by atoms with Gasteiger partial charge in [0.25, 0.3) is 0 Å². The van der Waals surface area contributed by atoms with Crippen LogP contribution in [0.3, 0.4) is 0 Å². The number of halogens is 1. The van der Waals surface area contributed by atoms with Crippen LogP contribution < -0.4 is 4.74 Å². The first-order valence-corrected chi connectivity index (χ1v) is 8.64. The Labute approximate surface area is 152 Å². The SMILES string of the molecule is COc1ccc2c(cc(-c3ccc(F)cc3)n2Cc2ccccc2)c1C. The number of aryl methyl sites for hydroxylation is 1. The van der Waals surface area contributed by atoms with E-state index in [0.717, 1.165) is 40.0 Å². The van der Waals surface area contributed by atoms with Gasteiger partial charge in [-0.1, -0.05) is 30.3 Å². The van der Waals surface area contributed by atoms with Gasteiger partial charge in [-0.05, 0) is 60.5 Å². The third kappa shape index (κ3) is 2.86. The molecule has 0 saturated carbocycles. The molecule has 0 unspecified atom stereocenters. The van der Waals surface area contributed by atoms with Crippen LogP contribution in [-0.2, 0) is 6.54 Å². The predicted octanol–water partition coefficient (Wildman–Crippen LogP) is 5.81. The molecule has 2 nitrogen and oxygen atoms in total. The molecule has 0 aliphatic heterocycles. The van der Waals surface area contributed by atoms with Crippen molar-refractivity contribution in [3.8, 4) is 17.0 Å². The summed E-state index contributed by atoms with van der Waals surface area (Å²) in [6.45, 7) is 2.82. The van der Waals surface area contributed by atoms with E-state index in [1.807, 2.05) is 36.4 Å². The Morgan fingerprint density at radius 3 is 2.35 bits per heavy atom. The number of rotatable bonds is 4. The number of fused-ring (bicyclic) bond motifs is 1. The Hall–Kier alpha value is -3.07. The van der Waals surface area contributed by atoms with E-state index in [1.54, 1.807) is 7.11 Å². The highest BCUT2D eigenvalue weighted by Crippen LogP contribution is 2.34. The minimum atomic E-state index is -0.225. The summed E-state index contributed by atoms with van der Waals surface area (Å²) >= 11 is 0. The van der Waals surface area contributed by atoms with Gasteiger partial charge in [0, 0.05) is 28.7 Å². The van der Waals surface area contributed by atoms with Crippen LogP contribution in [0.1, 0.15) is 11.1 Å². The summed E-state index contributed by atoms with van der Waals surface area (Å²) in [6.07, 6.45) is 0. The van der Waals surface area contributed by atoms with Crippen molar-refractivity contribution >= 4 is 10.9 Å². The number of ether oxygens (including phenoxy) is 1. The second-order valence-electron chi connectivity index (χ2n) is 6.43. The van der Waals surface area contributed by atoms with Gasteiger partial charge in [-0.15, -0.1) is 0 Å². The van der Waals surface area contributed by atoms with Crippen LogP contribution in [0.25, 0.3) is 22.2 Å². The molecule has 4 rings (SSSR count). The molecule has 4 aromatic rings. The van der Waals surface area contributed by atoms with Gasteiger partial charge in [0.05, 0.1) is 7.11 Å². The zero-order valence-corrected chi connectivity index (χ0v) is 14.9. The van der Waals surface area contributed by atoms with Gasteiger partial charge in [-0.2, -0.15) is 0 Å². The molecular weight excluding hydrogens is 325 g/mol. The summed E-state index contributed by atoms with van der Waals surface area (Å²) in [4.78, 5) is 0. The molecule has 0 N–H and O–H groups in total. The predicted molar refractivity (Wildman–Crippen MR) is 104 cm³/mol. The standard InChI is InChI=1S/C23H20FNO/c1-16-20-14-22(18-8-10-19(24)11-9-18)25(15-17-6-4-3-5-7-17)21(20)12-13-23(16)26-2/h3-14H,15H2,1-2H3. The number of benzene rings is 3. The van der Waals surface area contributed by atoms with Crippen molar-refractivity contribution in [2.45, 2.75) is 13.5 Å². The van der Waals surface area contributed by atoms with E-state index in [0.29, 0.717) is 0 Å². The Bertz CT molecular complexity index is 1050. The van der Waals surface area contributed by atoms with E-state index < -0.39 is 0 Å². The molecule has 0 aliphatic carbocycles. The van der Waals surface area contributed by atoms with Crippen molar-refractivity contribution in [1.82, 2.24) is 4.57 Å². The average molecular weight is 345 g/mol. The summed E-state index contributed by atoms with van der Waals surface area (Å²) in [6, 6.07) is 23.3. The minimum Gasteiger partial charge on any atom is -0.496 e. The molecule has 0 aliphatic rings. The van der Waals surface area contributed by atoms with E-state index in [-0.39, 0.29) is 5.82 Å². The number of hydrogen-bond donors (Lipinski definition) is 0. The summed E-state index contributed by atoms with van der Waals surface area (Å²) < 4.78 is 21.2. The summed E-state index contributed by atoms with van der Waals surface area (Å²) in [7, 11) is 1.69. The molecule has 0 atom stereocenters. The fraction of sp³-hybridized carbons (Fsp3) is 0.130.